The van der Waals surface area contributed by atoms with Crippen molar-refractivity contribution in [3.8, 4) is 0 Å². The van der Waals surface area contributed by atoms with E-state index >= 15 is 0 Å². The molecular formula is C19H24ClN5O2. The van der Waals surface area contributed by atoms with Gasteiger partial charge in [-0.25, -0.2) is 14.8 Å². The zero-order chi connectivity index (χ0) is 19.1. The molecule has 1 aliphatic rings. The smallest absolute Gasteiger partial charge is 0.409 e. The molecule has 1 aliphatic heterocycles. The van der Waals surface area contributed by atoms with Crippen LogP contribution in [0.1, 0.15) is 12.5 Å². The first kappa shape index (κ1) is 19.2. The number of carbonyl (C=O) groups is 1. The minimum atomic E-state index is -0.246. The molecular weight excluding hydrogens is 366 g/mol. The summed E-state index contributed by atoms with van der Waals surface area (Å²) in [4.78, 5) is 24.3. The number of benzene rings is 1. The van der Waals surface area contributed by atoms with Crippen molar-refractivity contribution in [2.75, 3.05) is 49.5 Å². The summed E-state index contributed by atoms with van der Waals surface area (Å²) >= 11 is 5.91. The number of nitrogens with zero attached hydrogens (tertiary/aromatic N) is 4. The van der Waals surface area contributed by atoms with Crippen LogP contribution in [0.3, 0.4) is 0 Å². The van der Waals surface area contributed by atoms with Gasteiger partial charge in [0.2, 0.25) is 0 Å². The van der Waals surface area contributed by atoms with Crippen molar-refractivity contribution in [3.63, 3.8) is 0 Å². The Morgan fingerprint density at radius 1 is 1.19 bits per heavy atom. The Labute approximate surface area is 164 Å². The highest BCUT2D eigenvalue weighted by atomic mass is 35.5. The molecule has 7 nitrogen and oxygen atoms in total. The molecule has 3 rings (SSSR count). The molecule has 144 valence electrons. The van der Waals surface area contributed by atoms with E-state index in [1.807, 2.05) is 37.3 Å². The number of halogens is 1. The lowest BCUT2D eigenvalue weighted by Crippen LogP contribution is -2.49. The van der Waals surface area contributed by atoms with Crippen LogP contribution >= 0.6 is 11.6 Å². The molecule has 0 unspecified atom stereocenters. The molecule has 1 aromatic heterocycles. The van der Waals surface area contributed by atoms with Gasteiger partial charge in [0.25, 0.3) is 0 Å². The number of aromatic nitrogens is 2. The molecule has 1 aromatic carbocycles. The largest absolute Gasteiger partial charge is 0.450 e. The van der Waals surface area contributed by atoms with E-state index in [2.05, 4.69) is 20.2 Å². The number of amides is 1. The van der Waals surface area contributed by atoms with Crippen molar-refractivity contribution in [1.29, 1.82) is 0 Å². The summed E-state index contributed by atoms with van der Waals surface area (Å²) in [5.41, 5.74) is 1.22. The van der Waals surface area contributed by atoms with Crippen molar-refractivity contribution >= 4 is 29.3 Å². The summed E-state index contributed by atoms with van der Waals surface area (Å²) in [6.07, 6.45) is 2.20. The highest BCUT2D eigenvalue weighted by Gasteiger charge is 2.22. The second-order valence-corrected chi connectivity index (χ2v) is 6.67. The number of carbonyl (C=O) groups excluding carboxylic acids is 1. The molecule has 27 heavy (non-hydrogen) atoms. The molecule has 2 heterocycles. The van der Waals surface area contributed by atoms with Gasteiger partial charge < -0.3 is 19.9 Å². The molecule has 1 saturated heterocycles. The predicted molar refractivity (Wildman–Crippen MR) is 106 cm³/mol. The minimum Gasteiger partial charge on any atom is -0.450 e. The molecule has 1 N–H and O–H groups in total. The van der Waals surface area contributed by atoms with E-state index in [1.54, 1.807) is 11.2 Å². The Morgan fingerprint density at radius 3 is 2.63 bits per heavy atom. The average Bonchev–Trinajstić information content (AvgIpc) is 2.70. The van der Waals surface area contributed by atoms with Crippen molar-refractivity contribution in [3.05, 3.63) is 47.2 Å². The lowest BCUT2D eigenvalue weighted by molar-refractivity contribution is 0.105. The quantitative estimate of drug-likeness (QED) is 0.818. The number of rotatable bonds is 6. The molecule has 1 fully saturated rings. The minimum absolute atomic E-state index is 0.246. The first-order chi connectivity index (χ1) is 13.2. The molecule has 0 saturated carbocycles. The van der Waals surface area contributed by atoms with Crippen LogP contribution in [-0.4, -0.2) is 60.3 Å². The van der Waals surface area contributed by atoms with Crippen LogP contribution in [0.5, 0.6) is 0 Å². The van der Waals surface area contributed by atoms with Crippen molar-refractivity contribution in [1.82, 2.24) is 14.9 Å². The fourth-order valence-corrected chi connectivity index (χ4v) is 3.06. The van der Waals surface area contributed by atoms with Gasteiger partial charge >= 0.3 is 6.09 Å². The molecule has 0 bridgehead atoms. The number of ether oxygens (including phenoxy) is 1. The molecule has 0 atom stereocenters. The SMILES string of the molecule is CCOC(=O)N1CCN(c2cc(NCCc3ccc(Cl)cc3)ncn2)CC1. The predicted octanol–water partition coefficient (Wildman–Crippen LogP) is 3.06. The van der Waals surface area contributed by atoms with Crippen LogP contribution in [0.15, 0.2) is 36.7 Å². The Kier molecular flexibility index (Phi) is 6.70. The third-order valence-electron chi connectivity index (χ3n) is 4.42. The molecule has 8 heteroatoms. The third-order valence-corrected chi connectivity index (χ3v) is 4.67. The van der Waals surface area contributed by atoms with Crippen molar-refractivity contribution in [2.45, 2.75) is 13.3 Å². The average molecular weight is 390 g/mol. The van der Waals surface area contributed by atoms with E-state index in [1.165, 1.54) is 5.56 Å². The fraction of sp³-hybridized carbons (Fsp3) is 0.421. The van der Waals surface area contributed by atoms with E-state index in [9.17, 15) is 4.79 Å². The highest BCUT2D eigenvalue weighted by Crippen LogP contribution is 2.17. The van der Waals surface area contributed by atoms with Gasteiger partial charge in [0.1, 0.15) is 18.0 Å². The topological polar surface area (TPSA) is 70.6 Å². The lowest BCUT2D eigenvalue weighted by Gasteiger charge is -2.34. The van der Waals surface area contributed by atoms with Crippen molar-refractivity contribution < 1.29 is 9.53 Å². The van der Waals surface area contributed by atoms with Gasteiger partial charge in [-0.1, -0.05) is 23.7 Å². The fourth-order valence-electron chi connectivity index (χ4n) is 2.94. The number of hydrogen-bond donors (Lipinski definition) is 1. The number of nitrogens with one attached hydrogen (secondary N) is 1. The first-order valence-electron chi connectivity index (χ1n) is 9.12. The number of piperazine rings is 1. The van der Waals surface area contributed by atoms with Gasteiger partial charge in [-0.2, -0.15) is 0 Å². The maximum absolute atomic E-state index is 11.8. The Hall–Kier alpha value is -2.54. The Morgan fingerprint density at radius 2 is 1.93 bits per heavy atom. The molecule has 1 amide bonds. The molecule has 0 aliphatic carbocycles. The Bertz CT molecular complexity index is 748. The second kappa shape index (κ2) is 9.41. The molecule has 2 aromatic rings. The number of anilines is 2. The van der Waals surface area contributed by atoms with Gasteiger partial charge in [0, 0.05) is 43.8 Å². The van der Waals surface area contributed by atoms with Gasteiger partial charge in [-0.15, -0.1) is 0 Å². The van der Waals surface area contributed by atoms with Crippen LogP contribution in [0, 0.1) is 0 Å². The number of hydrogen-bond acceptors (Lipinski definition) is 6. The van der Waals surface area contributed by atoms with E-state index in [-0.39, 0.29) is 6.09 Å². The summed E-state index contributed by atoms with van der Waals surface area (Å²) < 4.78 is 5.05. The standard InChI is InChI=1S/C19H24ClN5O2/c1-2-27-19(26)25-11-9-24(10-12-25)18-13-17(22-14-23-18)21-8-7-15-3-5-16(20)6-4-15/h3-6,13-14H,2,7-12H2,1H3,(H,21,22,23). The monoisotopic (exact) mass is 389 g/mol. The maximum atomic E-state index is 11.8. The van der Waals surface area contributed by atoms with Gasteiger partial charge in [-0.3, -0.25) is 0 Å². The first-order valence-corrected chi connectivity index (χ1v) is 9.50. The summed E-state index contributed by atoms with van der Waals surface area (Å²) in [5, 5.41) is 4.08. The van der Waals surface area contributed by atoms with Crippen LogP contribution < -0.4 is 10.2 Å². The van der Waals surface area contributed by atoms with Gasteiger partial charge in [-0.05, 0) is 31.0 Å². The van der Waals surface area contributed by atoms with E-state index in [4.69, 9.17) is 16.3 Å². The summed E-state index contributed by atoms with van der Waals surface area (Å²) in [6.45, 7) is 5.69. The van der Waals surface area contributed by atoms with Gasteiger partial charge in [0.05, 0.1) is 6.61 Å². The van der Waals surface area contributed by atoms with Gasteiger partial charge in [0.15, 0.2) is 0 Å². The van der Waals surface area contributed by atoms with E-state index in [0.29, 0.717) is 19.7 Å². The van der Waals surface area contributed by atoms with E-state index < -0.39 is 0 Å². The normalized spacial score (nSPS) is 14.1. The third kappa shape index (κ3) is 5.47. The summed E-state index contributed by atoms with van der Waals surface area (Å²) in [7, 11) is 0. The zero-order valence-corrected chi connectivity index (χ0v) is 16.2. The highest BCUT2D eigenvalue weighted by molar-refractivity contribution is 6.30. The molecule has 0 radical (unpaired) electrons. The maximum Gasteiger partial charge on any atom is 0.409 e. The summed E-state index contributed by atoms with van der Waals surface area (Å²) in [6, 6.07) is 9.80. The second-order valence-electron chi connectivity index (χ2n) is 6.24. The summed E-state index contributed by atoms with van der Waals surface area (Å²) in [5.74, 6) is 1.66. The van der Waals surface area contributed by atoms with Crippen LogP contribution in [0.2, 0.25) is 5.02 Å². The van der Waals surface area contributed by atoms with Crippen LogP contribution in [0.25, 0.3) is 0 Å². The lowest BCUT2D eigenvalue weighted by atomic mass is 10.1. The van der Waals surface area contributed by atoms with Crippen LogP contribution in [-0.2, 0) is 11.2 Å². The molecule has 0 spiro atoms. The van der Waals surface area contributed by atoms with Crippen LogP contribution in [0.4, 0.5) is 16.4 Å². The zero-order valence-electron chi connectivity index (χ0n) is 15.4. The van der Waals surface area contributed by atoms with Crippen molar-refractivity contribution in [2.24, 2.45) is 0 Å². The van der Waals surface area contributed by atoms with E-state index in [0.717, 1.165) is 42.7 Å². The Balaban J connectivity index is 1.50.